The molecule has 5 nitrogen and oxygen atoms in total. The molecule has 0 bridgehead atoms. The van der Waals surface area contributed by atoms with Gasteiger partial charge >= 0.3 is 0 Å². The van der Waals surface area contributed by atoms with Crippen LogP contribution >= 0.6 is 23.2 Å². The fourth-order valence-corrected chi connectivity index (χ4v) is 3.92. The zero-order chi connectivity index (χ0) is 17.9. The first-order chi connectivity index (χ1) is 12.0. The minimum atomic E-state index is -0.162. The zero-order valence-corrected chi connectivity index (χ0v) is 16.0. The first-order valence-corrected chi connectivity index (χ1v) is 9.47. The lowest BCUT2D eigenvalue weighted by Gasteiger charge is -2.38. The fourth-order valence-electron chi connectivity index (χ4n) is 3.62. The van der Waals surface area contributed by atoms with Gasteiger partial charge in [0.2, 0.25) is 0 Å². The number of hydrogen-bond donors (Lipinski definition) is 2. The predicted molar refractivity (Wildman–Crippen MR) is 103 cm³/mol. The molecule has 1 spiro atoms. The molecule has 3 rings (SSSR count). The van der Waals surface area contributed by atoms with Crippen LogP contribution in [-0.2, 0) is 0 Å². The molecular weight excluding hydrogens is 359 g/mol. The van der Waals surface area contributed by atoms with E-state index in [-0.39, 0.29) is 5.91 Å². The van der Waals surface area contributed by atoms with Crippen LogP contribution in [0.2, 0.25) is 10.0 Å². The van der Waals surface area contributed by atoms with Gasteiger partial charge in [-0.05, 0) is 42.9 Å². The lowest BCUT2D eigenvalue weighted by molar-refractivity contribution is 0.0954. The number of carbonyl (C=O) groups excluding carboxylic acids is 1. The van der Waals surface area contributed by atoms with Gasteiger partial charge in [0.1, 0.15) is 0 Å². The first-order valence-electron chi connectivity index (χ1n) is 8.72. The number of benzene rings is 1. The molecule has 0 radical (unpaired) electrons. The fraction of sp³-hybridized carbons (Fsp3) is 0.556. The number of nitrogens with one attached hydrogen (secondary N) is 2. The molecular formula is C18H24Cl2N4O. The molecule has 1 saturated heterocycles. The van der Waals surface area contributed by atoms with Gasteiger partial charge in [-0.3, -0.25) is 9.79 Å². The van der Waals surface area contributed by atoms with Crippen molar-refractivity contribution >= 4 is 35.1 Å². The third-order valence-electron chi connectivity index (χ3n) is 5.24. The van der Waals surface area contributed by atoms with Crippen molar-refractivity contribution in [2.75, 3.05) is 33.2 Å². The van der Waals surface area contributed by atoms with Gasteiger partial charge in [0.05, 0.1) is 10.0 Å². The molecule has 0 unspecified atom stereocenters. The summed E-state index contributed by atoms with van der Waals surface area (Å²) in [7, 11) is 1.81. The third-order valence-corrected chi connectivity index (χ3v) is 5.98. The standard InChI is InChI=1S/C18H24Cl2N4O/c1-21-17(24-10-7-18(12-24)5-2-6-18)23-9-8-22-16(25)13-3-4-14(19)15(20)11-13/h3-4,11H,2,5-10,12H2,1H3,(H,21,23)(H,22,25). The van der Waals surface area contributed by atoms with E-state index in [0.717, 1.165) is 19.0 Å². The maximum absolute atomic E-state index is 12.1. The van der Waals surface area contributed by atoms with Gasteiger partial charge in [0.25, 0.3) is 5.91 Å². The molecule has 1 aromatic rings. The van der Waals surface area contributed by atoms with Crippen LogP contribution in [0.3, 0.4) is 0 Å². The lowest BCUT2D eigenvalue weighted by atomic mass is 9.68. The highest BCUT2D eigenvalue weighted by Gasteiger charge is 2.43. The molecule has 1 aliphatic heterocycles. The van der Waals surface area contributed by atoms with Crippen molar-refractivity contribution in [3.8, 4) is 0 Å². The first kappa shape index (κ1) is 18.3. The molecule has 7 heteroatoms. The smallest absolute Gasteiger partial charge is 0.251 e. The Balaban J connectivity index is 1.42. The molecule has 1 aromatic carbocycles. The average Bonchev–Trinajstić information content (AvgIpc) is 3.03. The van der Waals surface area contributed by atoms with Crippen molar-refractivity contribution in [2.45, 2.75) is 25.7 Å². The molecule has 2 N–H and O–H groups in total. The molecule has 0 aromatic heterocycles. The maximum Gasteiger partial charge on any atom is 0.251 e. The van der Waals surface area contributed by atoms with Crippen LogP contribution in [0.25, 0.3) is 0 Å². The summed E-state index contributed by atoms with van der Waals surface area (Å²) in [5, 5.41) is 7.04. The van der Waals surface area contributed by atoms with E-state index in [2.05, 4.69) is 20.5 Å². The topological polar surface area (TPSA) is 56.7 Å². The van der Waals surface area contributed by atoms with Crippen molar-refractivity contribution in [3.05, 3.63) is 33.8 Å². The summed E-state index contributed by atoms with van der Waals surface area (Å²) in [5.41, 5.74) is 1.05. The number of carbonyl (C=O) groups is 1. The summed E-state index contributed by atoms with van der Waals surface area (Å²) < 4.78 is 0. The molecule has 2 fully saturated rings. The van der Waals surface area contributed by atoms with E-state index in [4.69, 9.17) is 23.2 Å². The van der Waals surface area contributed by atoms with E-state index >= 15 is 0 Å². The van der Waals surface area contributed by atoms with E-state index in [9.17, 15) is 4.79 Å². The van der Waals surface area contributed by atoms with Gasteiger partial charge in [0, 0.05) is 38.8 Å². The quantitative estimate of drug-likeness (QED) is 0.477. The van der Waals surface area contributed by atoms with Crippen LogP contribution in [0, 0.1) is 5.41 Å². The zero-order valence-electron chi connectivity index (χ0n) is 14.4. The van der Waals surface area contributed by atoms with Gasteiger partial charge in [0.15, 0.2) is 5.96 Å². The van der Waals surface area contributed by atoms with Crippen molar-refractivity contribution in [1.82, 2.24) is 15.5 Å². The highest BCUT2D eigenvalue weighted by Crippen LogP contribution is 2.47. The van der Waals surface area contributed by atoms with E-state index in [1.165, 1.54) is 25.7 Å². The Labute approximate surface area is 158 Å². The Morgan fingerprint density at radius 1 is 1.20 bits per heavy atom. The monoisotopic (exact) mass is 382 g/mol. The molecule has 1 amide bonds. The molecule has 1 aliphatic carbocycles. The lowest BCUT2D eigenvalue weighted by Crippen LogP contribution is -2.44. The van der Waals surface area contributed by atoms with Crippen LogP contribution in [0.1, 0.15) is 36.0 Å². The highest BCUT2D eigenvalue weighted by atomic mass is 35.5. The van der Waals surface area contributed by atoms with Crippen molar-refractivity contribution < 1.29 is 4.79 Å². The number of nitrogens with zero attached hydrogens (tertiary/aromatic N) is 2. The van der Waals surface area contributed by atoms with Crippen LogP contribution in [0.5, 0.6) is 0 Å². The minimum Gasteiger partial charge on any atom is -0.354 e. The summed E-state index contributed by atoms with van der Waals surface area (Å²) >= 11 is 11.8. The molecule has 136 valence electrons. The number of guanidine groups is 1. The second kappa shape index (κ2) is 7.83. The highest BCUT2D eigenvalue weighted by molar-refractivity contribution is 6.42. The summed E-state index contributed by atoms with van der Waals surface area (Å²) in [5.74, 6) is 0.762. The number of hydrogen-bond acceptors (Lipinski definition) is 2. The summed E-state index contributed by atoms with van der Waals surface area (Å²) in [6.45, 7) is 3.30. The van der Waals surface area contributed by atoms with Gasteiger partial charge in [-0.25, -0.2) is 0 Å². The van der Waals surface area contributed by atoms with E-state index in [1.54, 1.807) is 18.2 Å². The van der Waals surface area contributed by atoms with Crippen molar-refractivity contribution in [3.63, 3.8) is 0 Å². The van der Waals surface area contributed by atoms with Gasteiger partial charge in [-0.15, -0.1) is 0 Å². The largest absolute Gasteiger partial charge is 0.354 e. The van der Waals surface area contributed by atoms with Gasteiger partial charge in [-0.1, -0.05) is 29.6 Å². The molecule has 1 saturated carbocycles. The van der Waals surface area contributed by atoms with Crippen LogP contribution < -0.4 is 10.6 Å². The number of likely N-dealkylation sites (tertiary alicyclic amines) is 1. The van der Waals surface area contributed by atoms with Crippen molar-refractivity contribution in [1.29, 1.82) is 0 Å². The SMILES string of the molecule is CN=C(NCCNC(=O)c1ccc(Cl)c(Cl)c1)N1CCC2(CCC2)C1. The summed E-state index contributed by atoms with van der Waals surface area (Å²) in [4.78, 5) is 18.8. The summed E-state index contributed by atoms with van der Waals surface area (Å²) in [6, 6.07) is 4.87. The Morgan fingerprint density at radius 3 is 2.56 bits per heavy atom. The number of amides is 1. The average molecular weight is 383 g/mol. The molecule has 2 aliphatic rings. The van der Waals surface area contributed by atoms with E-state index < -0.39 is 0 Å². The maximum atomic E-state index is 12.1. The number of halogens is 2. The Kier molecular flexibility index (Phi) is 5.74. The Morgan fingerprint density at radius 2 is 1.96 bits per heavy atom. The van der Waals surface area contributed by atoms with Crippen molar-refractivity contribution in [2.24, 2.45) is 10.4 Å². The number of rotatable bonds is 4. The third kappa shape index (κ3) is 4.21. The van der Waals surface area contributed by atoms with Crippen LogP contribution in [-0.4, -0.2) is 50.0 Å². The van der Waals surface area contributed by atoms with Crippen LogP contribution in [0.15, 0.2) is 23.2 Å². The molecule has 1 heterocycles. The van der Waals surface area contributed by atoms with E-state index in [0.29, 0.717) is 34.1 Å². The molecule has 0 atom stereocenters. The van der Waals surface area contributed by atoms with Gasteiger partial charge in [-0.2, -0.15) is 0 Å². The van der Waals surface area contributed by atoms with E-state index in [1.807, 2.05) is 7.05 Å². The van der Waals surface area contributed by atoms with Gasteiger partial charge < -0.3 is 15.5 Å². The Bertz CT molecular complexity index is 673. The Hall–Kier alpha value is -1.46. The second-order valence-corrected chi connectivity index (χ2v) is 7.70. The number of aliphatic imine (C=N–C) groups is 1. The minimum absolute atomic E-state index is 0.162. The second-order valence-electron chi connectivity index (χ2n) is 6.88. The summed E-state index contributed by atoms with van der Waals surface area (Å²) in [6.07, 6.45) is 5.32. The normalized spacial score (nSPS) is 19.0. The molecule has 25 heavy (non-hydrogen) atoms. The predicted octanol–water partition coefficient (Wildman–Crippen LogP) is 3.17. The van der Waals surface area contributed by atoms with Crippen LogP contribution in [0.4, 0.5) is 0 Å².